The summed E-state index contributed by atoms with van der Waals surface area (Å²) in [4.78, 5) is 17.4. The average Bonchev–Trinajstić information content (AvgIpc) is 3.35. The van der Waals surface area contributed by atoms with E-state index in [9.17, 15) is 4.79 Å². The second kappa shape index (κ2) is 7.50. The molecule has 1 atom stereocenters. The molecular formula is C22H21N3O2. The lowest BCUT2D eigenvalue weighted by Gasteiger charge is -2.16. The molecular weight excluding hydrogens is 338 g/mol. The van der Waals surface area contributed by atoms with E-state index in [2.05, 4.69) is 10.3 Å². The molecule has 5 heteroatoms. The molecule has 0 aliphatic rings. The highest BCUT2D eigenvalue weighted by Crippen LogP contribution is 2.22. The monoisotopic (exact) mass is 359 g/mol. The van der Waals surface area contributed by atoms with Crippen LogP contribution >= 0.6 is 0 Å². The van der Waals surface area contributed by atoms with Crippen molar-refractivity contribution >= 4 is 11.4 Å². The number of aromatic nitrogens is 2. The molecule has 0 saturated heterocycles. The maximum atomic E-state index is 13.0. The molecule has 5 nitrogen and oxygen atoms in total. The predicted octanol–water partition coefficient (Wildman–Crippen LogP) is 3.88. The molecule has 4 rings (SSSR count). The quantitative estimate of drug-likeness (QED) is 0.568. The zero-order chi connectivity index (χ0) is 18.6. The summed E-state index contributed by atoms with van der Waals surface area (Å²) in [5.74, 6) is 1.24. The van der Waals surface area contributed by atoms with Gasteiger partial charge in [0.2, 0.25) is 5.91 Å². The zero-order valence-electron chi connectivity index (χ0n) is 15.1. The Morgan fingerprint density at radius 2 is 2.00 bits per heavy atom. The number of rotatable bonds is 6. The summed E-state index contributed by atoms with van der Waals surface area (Å²) in [5, 5.41) is 3.04. The number of imidazole rings is 1. The molecule has 1 unspecified atom stereocenters. The summed E-state index contributed by atoms with van der Waals surface area (Å²) in [6.45, 7) is 2.41. The van der Waals surface area contributed by atoms with Gasteiger partial charge in [0.25, 0.3) is 0 Å². The predicted molar refractivity (Wildman–Crippen MR) is 103 cm³/mol. The van der Waals surface area contributed by atoms with Crippen LogP contribution in [0, 0.1) is 6.92 Å². The van der Waals surface area contributed by atoms with Gasteiger partial charge in [0.1, 0.15) is 11.6 Å². The lowest BCUT2D eigenvalue weighted by Crippen LogP contribution is -2.30. The average molecular weight is 359 g/mol. The Morgan fingerprint density at radius 1 is 1.15 bits per heavy atom. The molecule has 1 aromatic carbocycles. The number of benzene rings is 1. The third-order valence-corrected chi connectivity index (χ3v) is 4.72. The van der Waals surface area contributed by atoms with Gasteiger partial charge in [0.15, 0.2) is 0 Å². The molecule has 0 spiro atoms. The van der Waals surface area contributed by atoms with Crippen LogP contribution in [-0.2, 0) is 17.8 Å². The Labute approximate surface area is 157 Å². The molecule has 0 bridgehead atoms. The molecule has 1 amide bonds. The van der Waals surface area contributed by atoms with Gasteiger partial charge in [-0.05, 0) is 36.8 Å². The Morgan fingerprint density at radius 3 is 2.78 bits per heavy atom. The summed E-state index contributed by atoms with van der Waals surface area (Å²) in [6, 6.07) is 17.7. The van der Waals surface area contributed by atoms with Crippen LogP contribution in [0.2, 0.25) is 0 Å². The molecule has 1 N–H and O–H groups in total. The lowest BCUT2D eigenvalue weighted by molar-refractivity contribution is -0.122. The van der Waals surface area contributed by atoms with E-state index in [4.69, 9.17) is 4.42 Å². The maximum absolute atomic E-state index is 13.0. The van der Waals surface area contributed by atoms with Crippen LogP contribution in [0.3, 0.4) is 0 Å². The summed E-state index contributed by atoms with van der Waals surface area (Å²) < 4.78 is 7.45. The maximum Gasteiger partial charge on any atom is 0.228 e. The first-order valence-electron chi connectivity index (χ1n) is 8.98. The van der Waals surface area contributed by atoms with Gasteiger partial charge >= 0.3 is 0 Å². The first-order chi connectivity index (χ1) is 13.2. The van der Waals surface area contributed by atoms with Crippen molar-refractivity contribution in [2.75, 3.05) is 0 Å². The minimum absolute atomic E-state index is 0.0389. The van der Waals surface area contributed by atoms with Gasteiger partial charge in [-0.1, -0.05) is 35.9 Å². The number of hydrogen-bond donors (Lipinski definition) is 1. The number of hydrogen-bond acceptors (Lipinski definition) is 3. The molecule has 3 heterocycles. The third kappa shape index (κ3) is 3.77. The van der Waals surface area contributed by atoms with Gasteiger partial charge < -0.3 is 14.1 Å². The van der Waals surface area contributed by atoms with Crippen molar-refractivity contribution in [3.8, 4) is 0 Å². The van der Waals surface area contributed by atoms with Crippen LogP contribution in [0.4, 0.5) is 0 Å². The Kier molecular flexibility index (Phi) is 4.75. The number of carbonyl (C=O) groups excluding carboxylic acids is 1. The Hall–Kier alpha value is -3.34. The lowest BCUT2D eigenvalue weighted by atomic mass is 9.93. The SMILES string of the molecule is Cc1ccc(C(Cc2ccco2)C(=O)NCc2ncc3ccccn23)cc1. The van der Waals surface area contributed by atoms with Crippen molar-refractivity contribution in [2.45, 2.75) is 25.8 Å². The van der Waals surface area contributed by atoms with Gasteiger partial charge in [-0.2, -0.15) is 0 Å². The van der Waals surface area contributed by atoms with Gasteiger partial charge in [-0.3, -0.25) is 4.79 Å². The van der Waals surface area contributed by atoms with E-state index >= 15 is 0 Å². The van der Waals surface area contributed by atoms with Crippen LogP contribution in [0.25, 0.3) is 5.52 Å². The number of fused-ring (bicyclic) bond motifs is 1. The molecule has 136 valence electrons. The summed E-state index contributed by atoms with van der Waals surface area (Å²) in [6.07, 6.45) is 5.91. The van der Waals surface area contributed by atoms with E-state index in [0.29, 0.717) is 13.0 Å². The van der Waals surface area contributed by atoms with Gasteiger partial charge in [0, 0.05) is 12.6 Å². The van der Waals surface area contributed by atoms with E-state index in [-0.39, 0.29) is 11.8 Å². The van der Waals surface area contributed by atoms with Crippen molar-refractivity contribution in [2.24, 2.45) is 0 Å². The van der Waals surface area contributed by atoms with Crippen LogP contribution in [-0.4, -0.2) is 15.3 Å². The number of aryl methyl sites for hydroxylation is 1. The number of furan rings is 1. The number of nitrogens with zero attached hydrogens (tertiary/aromatic N) is 2. The highest BCUT2D eigenvalue weighted by atomic mass is 16.3. The second-order valence-corrected chi connectivity index (χ2v) is 6.63. The minimum atomic E-state index is -0.317. The number of pyridine rings is 1. The fourth-order valence-corrected chi connectivity index (χ4v) is 3.21. The summed E-state index contributed by atoms with van der Waals surface area (Å²) in [5.41, 5.74) is 3.15. The normalized spacial score (nSPS) is 12.2. The van der Waals surface area contributed by atoms with Crippen LogP contribution in [0.5, 0.6) is 0 Å². The standard InChI is InChI=1S/C22H21N3O2/c1-16-7-9-17(10-8-16)20(13-19-6-4-12-27-19)22(26)24-15-21-23-14-18-5-2-3-11-25(18)21/h2-12,14,20H,13,15H2,1H3,(H,24,26). The Bertz CT molecular complexity index is 1030. The van der Waals surface area contributed by atoms with Crippen molar-refractivity contribution in [1.82, 2.24) is 14.7 Å². The zero-order valence-corrected chi connectivity index (χ0v) is 15.1. The molecule has 0 saturated carbocycles. The smallest absolute Gasteiger partial charge is 0.228 e. The third-order valence-electron chi connectivity index (χ3n) is 4.72. The molecule has 0 radical (unpaired) electrons. The van der Waals surface area contributed by atoms with Crippen molar-refractivity contribution in [3.63, 3.8) is 0 Å². The van der Waals surface area contributed by atoms with E-state index in [1.54, 1.807) is 6.26 Å². The molecule has 27 heavy (non-hydrogen) atoms. The Balaban J connectivity index is 1.53. The largest absolute Gasteiger partial charge is 0.469 e. The second-order valence-electron chi connectivity index (χ2n) is 6.63. The molecule has 0 aliphatic carbocycles. The molecule has 0 aliphatic heterocycles. The minimum Gasteiger partial charge on any atom is -0.469 e. The summed E-state index contributed by atoms with van der Waals surface area (Å²) >= 11 is 0. The number of carbonyl (C=O) groups is 1. The van der Waals surface area contributed by atoms with Gasteiger partial charge in [-0.25, -0.2) is 4.98 Å². The van der Waals surface area contributed by atoms with Gasteiger partial charge in [0.05, 0.1) is 30.4 Å². The van der Waals surface area contributed by atoms with Crippen LogP contribution in [0.1, 0.15) is 28.6 Å². The van der Waals surface area contributed by atoms with Gasteiger partial charge in [-0.15, -0.1) is 0 Å². The fourth-order valence-electron chi connectivity index (χ4n) is 3.21. The topological polar surface area (TPSA) is 59.5 Å². The number of nitrogens with one attached hydrogen (secondary N) is 1. The van der Waals surface area contributed by atoms with Crippen LogP contribution < -0.4 is 5.32 Å². The van der Waals surface area contributed by atoms with E-state index in [1.165, 1.54) is 5.56 Å². The van der Waals surface area contributed by atoms with E-state index in [0.717, 1.165) is 22.7 Å². The van der Waals surface area contributed by atoms with E-state index < -0.39 is 0 Å². The van der Waals surface area contributed by atoms with Crippen molar-refractivity contribution in [1.29, 1.82) is 0 Å². The van der Waals surface area contributed by atoms with Crippen molar-refractivity contribution < 1.29 is 9.21 Å². The summed E-state index contributed by atoms with van der Waals surface area (Å²) in [7, 11) is 0. The first-order valence-corrected chi connectivity index (χ1v) is 8.98. The molecule has 0 fully saturated rings. The molecule has 3 aromatic heterocycles. The number of amides is 1. The van der Waals surface area contributed by atoms with Crippen molar-refractivity contribution in [3.05, 3.63) is 96.0 Å². The molecule has 4 aromatic rings. The fraction of sp³-hybridized carbons (Fsp3) is 0.182. The van der Waals surface area contributed by atoms with E-state index in [1.807, 2.05) is 78.3 Å². The van der Waals surface area contributed by atoms with Crippen LogP contribution in [0.15, 0.2) is 77.7 Å². The first kappa shape index (κ1) is 17.1. The highest BCUT2D eigenvalue weighted by molar-refractivity contribution is 5.83. The highest BCUT2D eigenvalue weighted by Gasteiger charge is 2.22.